The normalized spacial score (nSPS) is 13.2. The lowest BCUT2D eigenvalue weighted by Gasteiger charge is -2.11. The molecule has 1 rings (SSSR count). The molecule has 18 heavy (non-hydrogen) atoms. The lowest BCUT2D eigenvalue weighted by atomic mass is 10.2. The van der Waals surface area contributed by atoms with Gasteiger partial charge in [0.2, 0.25) is 10.0 Å². The molecule has 1 aromatic rings. The topological polar surface area (TPSA) is 119 Å². The average Bonchev–Trinajstić information content (AvgIpc) is 2.28. The summed E-state index contributed by atoms with van der Waals surface area (Å²) in [7, 11) is -4.00. The van der Waals surface area contributed by atoms with Gasteiger partial charge < -0.3 is 4.55 Å². The fourth-order valence-electron chi connectivity index (χ4n) is 1.18. The van der Waals surface area contributed by atoms with Crippen LogP contribution < -0.4 is 9.86 Å². The number of anilines is 1. The Hall–Kier alpha value is -1.53. The van der Waals surface area contributed by atoms with Gasteiger partial charge in [-0.1, -0.05) is 0 Å². The van der Waals surface area contributed by atoms with Gasteiger partial charge in [0.1, 0.15) is 16.0 Å². The van der Waals surface area contributed by atoms with Gasteiger partial charge in [-0.15, -0.1) is 0 Å². The molecule has 0 fully saturated rings. The van der Waals surface area contributed by atoms with E-state index in [1.807, 2.05) is 6.07 Å². The summed E-state index contributed by atoms with van der Waals surface area (Å²) in [5.41, 5.74) is 0.245. The third-order valence-electron chi connectivity index (χ3n) is 1.89. The maximum Gasteiger partial charge on any atom is 0.240 e. The maximum atomic E-state index is 11.5. The molecule has 0 aliphatic rings. The van der Waals surface area contributed by atoms with Gasteiger partial charge >= 0.3 is 0 Å². The maximum absolute atomic E-state index is 11.5. The zero-order chi connectivity index (χ0) is 13.8. The summed E-state index contributed by atoms with van der Waals surface area (Å²) in [5, 5.41) is 15.1. The summed E-state index contributed by atoms with van der Waals surface area (Å²) in [4.78, 5) is -0.264. The van der Waals surface area contributed by atoms with Crippen molar-refractivity contribution < 1.29 is 13.0 Å². The zero-order valence-corrected chi connectivity index (χ0v) is 11.1. The summed E-state index contributed by atoms with van der Waals surface area (Å²) in [6.07, 6.45) is 1.56. The van der Waals surface area contributed by atoms with Gasteiger partial charge in [-0.05, 0) is 31.2 Å². The number of hydrogen-bond acceptors (Lipinski definition) is 5. The van der Waals surface area contributed by atoms with Crippen LogP contribution in [0.2, 0.25) is 0 Å². The van der Waals surface area contributed by atoms with Gasteiger partial charge in [0.05, 0.1) is 23.0 Å². The molecule has 0 spiro atoms. The minimum Gasteiger partial charge on any atom is -0.588 e. The minimum atomic E-state index is -4.00. The Kier molecular flexibility index (Phi) is 4.75. The van der Waals surface area contributed by atoms with E-state index in [2.05, 4.69) is 4.72 Å². The first-order valence-corrected chi connectivity index (χ1v) is 7.51. The summed E-state index contributed by atoms with van der Waals surface area (Å²) in [6, 6.07) is 5.69. The molecule has 0 heterocycles. The molecule has 8 heteroatoms. The van der Waals surface area contributed by atoms with Crippen molar-refractivity contribution in [2.24, 2.45) is 5.14 Å². The fraction of sp³-hybridized carbons (Fsp3) is 0.100. The molecule has 0 aliphatic carbocycles. The molecule has 0 radical (unpaired) electrons. The van der Waals surface area contributed by atoms with Gasteiger partial charge in [0, 0.05) is 0 Å². The first kappa shape index (κ1) is 14.5. The Balaban J connectivity index is 3.24. The summed E-state index contributed by atoms with van der Waals surface area (Å²) >= 11 is -1.56. The van der Waals surface area contributed by atoms with Gasteiger partial charge in [-0.25, -0.2) is 18.3 Å². The van der Waals surface area contributed by atoms with Crippen LogP contribution >= 0.6 is 0 Å². The Morgan fingerprint density at radius 3 is 2.72 bits per heavy atom. The molecule has 6 nitrogen and oxygen atoms in total. The SMILES string of the molecule is C/C=C/[S+]([O-])Nc1ccc(C#N)cc1S(N)(=O)=O. The molecule has 1 unspecified atom stereocenters. The number of allylic oxidation sites excluding steroid dienone is 1. The number of rotatable bonds is 4. The van der Waals surface area contributed by atoms with Crippen LogP contribution in [0.5, 0.6) is 0 Å². The predicted octanol–water partition coefficient (Wildman–Crippen LogP) is 0.815. The highest BCUT2D eigenvalue weighted by Crippen LogP contribution is 2.22. The molecule has 3 N–H and O–H groups in total. The van der Waals surface area contributed by atoms with Crippen LogP contribution in [0.25, 0.3) is 0 Å². The molecule has 1 atom stereocenters. The Morgan fingerprint density at radius 2 is 2.22 bits per heavy atom. The van der Waals surface area contributed by atoms with Crippen LogP contribution in [-0.4, -0.2) is 13.0 Å². The van der Waals surface area contributed by atoms with Crippen molar-refractivity contribution in [3.05, 3.63) is 35.2 Å². The second-order valence-electron chi connectivity index (χ2n) is 3.24. The molecule has 96 valence electrons. The quantitative estimate of drug-likeness (QED) is 0.793. The van der Waals surface area contributed by atoms with Crippen LogP contribution in [0, 0.1) is 11.3 Å². The van der Waals surface area contributed by atoms with Gasteiger partial charge in [-0.3, -0.25) is 0 Å². The van der Waals surface area contributed by atoms with Crippen molar-refractivity contribution in [1.82, 2.24) is 0 Å². The van der Waals surface area contributed by atoms with Crippen molar-refractivity contribution in [3.63, 3.8) is 0 Å². The number of benzene rings is 1. The minimum absolute atomic E-state index is 0.0907. The van der Waals surface area contributed by atoms with Crippen molar-refractivity contribution >= 4 is 27.1 Å². The lowest BCUT2D eigenvalue weighted by Crippen LogP contribution is -2.17. The third kappa shape index (κ3) is 3.75. The summed E-state index contributed by atoms with van der Waals surface area (Å²) in [6.45, 7) is 1.68. The van der Waals surface area contributed by atoms with E-state index >= 15 is 0 Å². The van der Waals surface area contributed by atoms with Gasteiger partial charge in [0.25, 0.3) is 0 Å². The van der Waals surface area contributed by atoms with E-state index in [9.17, 15) is 13.0 Å². The second-order valence-corrected chi connectivity index (χ2v) is 5.84. The van der Waals surface area contributed by atoms with E-state index in [-0.39, 0.29) is 16.1 Å². The Morgan fingerprint density at radius 1 is 1.56 bits per heavy atom. The largest absolute Gasteiger partial charge is 0.588 e. The lowest BCUT2D eigenvalue weighted by molar-refractivity contribution is 0.598. The van der Waals surface area contributed by atoms with Crippen molar-refractivity contribution in [1.29, 1.82) is 5.26 Å². The van der Waals surface area contributed by atoms with Crippen LogP contribution in [0.4, 0.5) is 5.69 Å². The molecule has 0 aromatic heterocycles. The van der Waals surface area contributed by atoms with E-state index in [4.69, 9.17) is 10.4 Å². The summed E-state index contributed by atoms with van der Waals surface area (Å²) < 4.78 is 36.7. The van der Waals surface area contributed by atoms with Crippen molar-refractivity contribution in [2.45, 2.75) is 11.8 Å². The number of hydrogen-bond donors (Lipinski definition) is 2. The highest BCUT2D eigenvalue weighted by Gasteiger charge is 2.17. The average molecular weight is 285 g/mol. The van der Waals surface area contributed by atoms with Crippen molar-refractivity contribution in [3.8, 4) is 6.07 Å². The highest BCUT2D eigenvalue weighted by molar-refractivity contribution is 7.95. The number of nitrogens with one attached hydrogen (secondary N) is 1. The second kappa shape index (κ2) is 5.88. The Bertz CT molecular complexity index is 605. The van der Waals surface area contributed by atoms with E-state index in [0.717, 1.165) is 6.07 Å². The molecule has 1 aromatic carbocycles. The number of nitriles is 1. The van der Waals surface area contributed by atoms with Crippen LogP contribution in [0.3, 0.4) is 0 Å². The van der Waals surface area contributed by atoms with Crippen LogP contribution in [-0.2, 0) is 21.4 Å². The van der Waals surface area contributed by atoms with Crippen LogP contribution in [0.1, 0.15) is 12.5 Å². The molecule has 0 saturated heterocycles. The fourth-order valence-corrected chi connectivity index (χ4v) is 2.67. The smallest absolute Gasteiger partial charge is 0.240 e. The molecular formula is C10H11N3O3S2. The monoisotopic (exact) mass is 285 g/mol. The van der Waals surface area contributed by atoms with Crippen molar-refractivity contribution in [2.75, 3.05) is 4.72 Å². The Labute approximate surface area is 108 Å². The molecule has 0 amide bonds. The predicted molar refractivity (Wildman–Crippen MR) is 69.1 cm³/mol. The van der Waals surface area contributed by atoms with E-state index in [1.54, 1.807) is 13.0 Å². The van der Waals surface area contributed by atoms with Gasteiger partial charge in [0.15, 0.2) is 0 Å². The molecule has 0 bridgehead atoms. The van der Waals surface area contributed by atoms with Gasteiger partial charge in [-0.2, -0.15) is 5.26 Å². The highest BCUT2D eigenvalue weighted by atomic mass is 32.2. The first-order valence-electron chi connectivity index (χ1n) is 4.75. The van der Waals surface area contributed by atoms with E-state index < -0.39 is 21.4 Å². The number of sulfonamides is 1. The standard InChI is InChI=1S/C10H11N3O3S2/c1-2-5-17(14)13-9-4-3-8(7-11)6-10(9)18(12,15)16/h2-6,13H,1H3,(H2,12,15,16)/b5-2+. The molecule has 0 aliphatic heterocycles. The van der Waals surface area contributed by atoms with E-state index in [0.29, 0.717) is 0 Å². The number of primary sulfonamides is 1. The molecular weight excluding hydrogens is 274 g/mol. The van der Waals surface area contributed by atoms with E-state index in [1.165, 1.54) is 17.5 Å². The molecule has 0 saturated carbocycles. The number of nitrogens with two attached hydrogens (primary N) is 1. The summed E-state index contributed by atoms with van der Waals surface area (Å²) in [5.74, 6) is 0. The van der Waals surface area contributed by atoms with Crippen LogP contribution in [0.15, 0.2) is 34.6 Å². The number of nitrogens with zero attached hydrogens (tertiary/aromatic N) is 1. The zero-order valence-electron chi connectivity index (χ0n) is 9.45. The first-order chi connectivity index (χ1) is 8.38. The third-order valence-corrected chi connectivity index (χ3v) is 3.78.